The quantitative estimate of drug-likeness (QED) is 0.377. The highest BCUT2D eigenvalue weighted by molar-refractivity contribution is 7.91. The first-order chi connectivity index (χ1) is 14.4. The number of carbonyl (C=O) groups is 1. The average molecular weight is 461 g/mol. The molecule has 0 aliphatic heterocycles. The van der Waals surface area contributed by atoms with Crippen molar-refractivity contribution in [2.24, 2.45) is 0 Å². The van der Waals surface area contributed by atoms with Crippen molar-refractivity contribution in [2.45, 2.75) is 17.7 Å². The Hall–Kier alpha value is -2.62. The minimum atomic E-state index is -3.55. The second-order valence-electron chi connectivity index (χ2n) is 6.57. The van der Waals surface area contributed by atoms with Gasteiger partial charge in [0.25, 0.3) is 0 Å². The molecule has 4 aromatic rings. The largest absolute Gasteiger partial charge is 0.317 e. The number of hydrogen-bond acceptors (Lipinski definition) is 6. The van der Waals surface area contributed by atoms with Crippen molar-refractivity contribution in [3.63, 3.8) is 0 Å². The number of aromatic nitrogens is 1. The first kappa shape index (κ1) is 20.6. The van der Waals surface area contributed by atoms with Crippen LogP contribution in [0.25, 0.3) is 20.8 Å². The number of anilines is 1. The summed E-state index contributed by atoms with van der Waals surface area (Å²) in [6.07, 6.45) is 0.241. The van der Waals surface area contributed by atoms with Crippen molar-refractivity contribution in [3.8, 4) is 10.6 Å². The summed E-state index contributed by atoms with van der Waals surface area (Å²) in [7, 11) is -3.55. The summed E-state index contributed by atoms with van der Waals surface area (Å²) in [5.74, 6) is -0.927. The Kier molecular flexibility index (Phi) is 5.94. The minimum absolute atomic E-state index is 0.0562. The molecule has 2 aromatic carbocycles. The molecule has 2 heterocycles. The molecule has 0 radical (unpaired) electrons. The third-order valence-corrected chi connectivity index (χ3v) is 8.15. The third kappa shape index (κ3) is 4.58. The van der Waals surface area contributed by atoms with E-state index in [0.717, 1.165) is 32.9 Å². The van der Waals surface area contributed by atoms with E-state index in [0.29, 0.717) is 5.00 Å². The van der Waals surface area contributed by atoms with E-state index in [1.165, 1.54) is 23.5 Å². The number of rotatable bonds is 7. The van der Waals surface area contributed by atoms with Gasteiger partial charge in [-0.3, -0.25) is 4.79 Å². The third-order valence-electron chi connectivity index (χ3n) is 4.43. The predicted molar refractivity (Wildman–Crippen MR) is 119 cm³/mol. The van der Waals surface area contributed by atoms with Crippen LogP contribution in [-0.2, 0) is 14.6 Å². The summed E-state index contributed by atoms with van der Waals surface area (Å²) in [5, 5.41) is 6.27. The molecule has 154 valence electrons. The second-order valence-corrected chi connectivity index (χ2v) is 10.6. The fraction of sp³-hybridized carbons (Fsp3) is 0.143. The van der Waals surface area contributed by atoms with Gasteiger partial charge in [0, 0.05) is 12.0 Å². The van der Waals surface area contributed by atoms with Gasteiger partial charge in [-0.25, -0.2) is 17.8 Å². The van der Waals surface area contributed by atoms with E-state index in [9.17, 15) is 17.6 Å². The molecule has 9 heteroatoms. The molecule has 2 aromatic heterocycles. The summed E-state index contributed by atoms with van der Waals surface area (Å²) < 4.78 is 38.7. The number of para-hydroxylation sites is 1. The van der Waals surface area contributed by atoms with Crippen LogP contribution in [0.15, 0.2) is 64.9 Å². The van der Waals surface area contributed by atoms with Crippen LogP contribution >= 0.6 is 22.7 Å². The number of nitrogens with zero attached hydrogens (tertiary/aromatic N) is 1. The summed E-state index contributed by atoms with van der Waals surface area (Å²) in [4.78, 5) is 17.0. The molecule has 0 spiro atoms. The second kappa shape index (κ2) is 8.63. The fourth-order valence-electron chi connectivity index (χ4n) is 2.93. The molecule has 0 saturated heterocycles. The summed E-state index contributed by atoms with van der Waals surface area (Å²) >= 11 is 2.96. The standard InChI is InChI=1S/C21H17FN2O3S3/c22-14-7-9-15(10-8-14)30(26,27)13-3-6-19(25)24-20-16(11-12-28-20)21-23-17-4-1-2-5-18(17)29-21/h1-2,4-5,7-12H,3,6,13H2,(H,24,25). The van der Waals surface area contributed by atoms with Crippen LogP contribution in [0.4, 0.5) is 9.39 Å². The van der Waals surface area contributed by atoms with E-state index in [1.807, 2.05) is 35.7 Å². The topological polar surface area (TPSA) is 76.1 Å². The van der Waals surface area contributed by atoms with Gasteiger partial charge in [0.05, 0.1) is 20.9 Å². The lowest BCUT2D eigenvalue weighted by Gasteiger charge is -2.06. The molecule has 4 rings (SSSR count). The lowest BCUT2D eigenvalue weighted by molar-refractivity contribution is -0.116. The number of fused-ring (bicyclic) bond motifs is 1. The van der Waals surface area contributed by atoms with Gasteiger partial charge in [-0.15, -0.1) is 22.7 Å². The van der Waals surface area contributed by atoms with Gasteiger partial charge in [0.15, 0.2) is 9.84 Å². The van der Waals surface area contributed by atoms with Gasteiger partial charge in [-0.2, -0.15) is 0 Å². The van der Waals surface area contributed by atoms with Crippen molar-refractivity contribution >= 4 is 53.6 Å². The molecule has 0 aliphatic carbocycles. The van der Waals surface area contributed by atoms with Crippen molar-refractivity contribution in [3.05, 3.63) is 65.8 Å². The number of carbonyl (C=O) groups excluding carboxylic acids is 1. The lowest BCUT2D eigenvalue weighted by atomic mass is 10.3. The molecular formula is C21H17FN2O3S3. The van der Waals surface area contributed by atoms with Crippen LogP contribution in [0.3, 0.4) is 0 Å². The Balaban J connectivity index is 1.38. The maximum absolute atomic E-state index is 13.0. The van der Waals surface area contributed by atoms with E-state index in [-0.39, 0.29) is 29.4 Å². The molecule has 1 N–H and O–H groups in total. The number of sulfone groups is 1. The van der Waals surface area contributed by atoms with E-state index < -0.39 is 15.7 Å². The number of thiazole rings is 1. The maximum atomic E-state index is 13.0. The molecule has 5 nitrogen and oxygen atoms in total. The molecule has 0 saturated carbocycles. The normalized spacial score (nSPS) is 11.6. The molecule has 1 amide bonds. The Morgan fingerprint density at radius 1 is 1.07 bits per heavy atom. The summed E-state index contributed by atoms with van der Waals surface area (Å²) in [5.41, 5.74) is 1.76. The van der Waals surface area contributed by atoms with Gasteiger partial charge in [0.2, 0.25) is 5.91 Å². The Bertz CT molecular complexity index is 1260. The molecule has 0 bridgehead atoms. The van der Waals surface area contributed by atoms with E-state index in [1.54, 1.807) is 11.3 Å². The maximum Gasteiger partial charge on any atom is 0.225 e. The zero-order chi connectivity index (χ0) is 21.1. The Labute approximate surface area is 181 Å². The minimum Gasteiger partial charge on any atom is -0.317 e. The Morgan fingerprint density at radius 2 is 1.83 bits per heavy atom. The number of amides is 1. The van der Waals surface area contributed by atoms with Crippen molar-refractivity contribution in [2.75, 3.05) is 11.1 Å². The summed E-state index contributed by atoms with van der Waals surface area (Å²) in [6, 6.07) is 14.4. The first-order valence-electron chi connectivity index (χ1n) is 9.14. The number of hydrogen-bond donors (Lipinski definition) is 1. The van der Waals surface area contributed by atoms with E-state index in [2.05, 4.69) is 10.3 Å². The molecule has 0 fully saturated rings. The van der Waals surface area contributed by atoms with Gasteiger partial charge in [-0.05, 0) is 54.3 Å². The van der Waals surface area contributed by atoms with E-state index >= 15 is 0 Å². The van der Waals surface area contributed by atoms with Gasteiger partial charge in [-0.1, -0.05) is 12.1 Å². The van der Waals surface area contributed by atoms with Gasteiger partial charge >= 0.3 is 0 Å². The molecule has 30 heavy (non-hydrogen) atoms. The zero-order valence-corrected chi connectivity index (χ0v) is 18.1. The molecule has 0 atom stereocenters. The molecule has 0 aliphatic rings. The van der Waals surface area contributed by atoms with Crippen LogP contribution in [0.1, 0.15) is 12.8 Å². The number of nitrogens with one attached hydrogen (secondary N) is 1. The highest BCUT2D eigenvalue weighted by Gasteiger charge is 2.17. The van der Waals surface area contributed by atoms with Gasteiger partial charge < -0.3 is 5.32 Å². The monoisotopic (exact) mass is 460 g/mol. The van der Waals surface area contributed by atoms with Crippen LogP contribution in [0.5, 0.6) is 0 Å². The predicted octanol–water partition coefficient (Wildman–Crippen LogP) is 5.36. The van der Waals surface area contributed by atoms with Crippen LogP contribution in [0.2, 0.25) is 0 Å². The highest BCUT2D eigenvalue weighted by atomic mass is 32.2. The van der Waals surface area contributed by atoms with Gasteiger partial charge in [0.1, 0.15) is 15.8 Å². The number of halogens is 1. The van der Waals surface area contributed by atoms with Crippen LogP contribution < -0.4 is 5.32 Å². The highest BCUT2D eigenvalue weighted by Crippen LogP contribution is 2.37. The van der Waals surface area contributed by atoms with E-state index in [4.69, 9.17) is 0 Å². The SMILES string of the molecule is O=C(CCCS(=O)(=O)c1ccc(F)cc1)Nc1sccc1-c1nc2ccccc2s1. The molecular weight excluding hydrogens is 443 g/mol. The van der Waals surface area contributed by atoms with Crippen LogP contribution in [0, 0.1) is 5.82 Å². The smallest absolute Gasteiger partial charge is 0.225 e. The van der Waals surface area contributed by atoms with Crippen molar-refractivity contribution < 1.29 is 17.6 Å². The first-order valence-corrected chi connectivity index (χ1v) is 12.5. The molecule has 0 unspecified atom stereocenters. The average Bonchev–Trinajstić information content (AvgIpc) is 3.34. The lowest BCUT2D eigenvalue weighted by Crippen LogP contribution is -2.14. The van der Waals surface area contributed by atoms with Crippen molar-refractivity contribution in [1.82, 2.24) is 4.98 Å². The number of benzene rings is 2. The summed E-state index contributed by atoms with van der Waals surface area (Å²) in [6.45, 7) is 0. The van der Waals surface area contributed by atoms with Crippen LogP contribution in [-0.4, -0.2) is 25.1 Å². The van der Waals surface area contributed by atoms with Crippen molar-refractivity contribution in [1.29, 1.82) is 0 Å². The Morgan fingerprint density at radius 3 is 2.60 bits per heavy atom. The number of thiophene rings is 1. The zero-order valence-electron chi connectivity index (χ0n) is 15.7. The fourth-order valence-corrected chi connectivity index (χ4v) is 6.11.